The van der Waals surface area contributed by atoms with Crippen molar-refractivity contribution in [2.75, 3.05) is 6.61 Å². The Balaban J connectivity index is 2.59. The molecule has 0 aliphatic carbocycles. The van der Waals surface area contributed by atoms with Gasteiger partial charge < -0.3 is 9.72 Å². The second kappa shape index (κ2) is 5.10. The van der Waals surface area contributed by atoms with Crippen LogP contribution in [-0.4, -0.2) is 16.6 Å². The molecule has 0 amide bonds. The first-order valence-electron chi connectivity index (χ1n) is 5.50. The Bertz CT molecular complexity index is 578. The number of nitrogens with one attached hydrogen (secondary N) is 1. The molecule has 1 aromatic heterocycles. The number of ether oxygens (including phenoxy) is 1. The first kappa shape index (κ1) is 11.8. The van der Waals surface area contributed by atoms with Gasteiger partial charge in [-0.2, -0.15) is 0 Å². The molecule has 0 aliphatic rings. The molecule has 2 aromatic rings. The monoisotopic (exact) mass is 246 g/mol. The van der Waals surface area contributed by atoms with E-state index >= 15 is 0 Å². The molecule has 1 N–H and O–H groups in total. The fourth-order valence-electron chi connectivity index (χ4n) is 1.69. The Hall–Kier alpha value is -1.68. The van der Waals surface area contributed by atoms with Crippen LogP contribution in [0.25, 0.3) is 11.3 Å². The maximum absolute atomic E-state index is 5.61. The standard InChI is InChI=1S/C13H14N2OS/c1-3-16-11-7-5-4-6-10(11)12-9(2)8-14-13(17)15-12/h4-8H,3H2,1-2H3,(H,14,15,17). The summed E-state index contributed by atoms with van der Waals surface area (Å²) in [6, 6.07) is 7.91. The van der Waals surface area contributed by atoms with Crippen LogP contribution in [0.2, 0.25) is 0 Å². The van der Waals surface area contributed by atoms with Crippen LogP contribution in [-0.2, 0) is 0 Å². The van der Waals surface area contributed by atoms with Crippen LogP contribution in [0.4, 0.5) is 0 Å². The van der Waals surface area contributed by atoms with Crippen molar-refractivity contribution in [1.82, 2.24) is 9.97 Å². The summed E-state index contributed by atoms with van der Waals surface area (Å²) < 4.78 is 6.10. The lowest BCUT2D eigenvalue weighted by atomic mass is 10.1. The smallest absolute Gasteiger partial charge is 0.197 e. The molecule has 0 fully saturated rings. The first-order chi connectivity index (χ1) is 8.22. The Morgan fingerprint density at radius 2 is 2.12 bits per heavy atom. The highest BCUT2D eigenvalue weighted by Gasteiger charge is 2.08. The maximum Gasteiger partial charge on any atom is 0.197 e. The molecule has 0 unspecified atom stereocenters. The second-order valence-corrected chi connectivity index (χ2v) is 4.06. The largest absolute Gasteiger partial charge is 0.493 e. The number of para-hydroxylation sites is 1. The predicted octanol–water partition coefficient (Wildman–Crippen LogP) is 3.51. The third kappa shape index (κ3) is 2.53. The lowest BCUT2D eigenvalue weighted by molar-refractivity contribution is 0.341. The minimum Gasteiger partial charge on any atom is -0.493 e. The van der Waals surface area contributed by atoms with Crippen LogP contribution in [0.15, 0.2) is 30.5 Å². The number of aryl methyl sites for hydroxylation is 1. The van der Waals surface area contributed by atoms with E-state index in [1.807, 2.05) is 38.1 Å². The van der Waals surface area contributed by atoms with Crippen LogP contribution >= 0.6 is 12.2 Å². The predicted molar refractivity (Wildman–Crippen MR) is 70.8 cm³/mol. The number of hydrogen-bond donors (Lipinski definition) is 1. The summed E-state index contributed by atoms with van der Waals surface area (Å²) in [6.45, 7) is 4.61. The van der Waals surface area contributed by atoms with Gasteiger partial charge in [0.1, 0.15) is 5.75 Å². The number of H-pyrrole nitrogens is 1. The minimum atomic E-state index is 0.483. The number of hydrogen-bond acceptors (Lipinski definition) is 3. The van der Waals surface area contributed by atoms with Crippen LogP contribution in [0.5, 0.6) is 5.75 Å². The zero-order valence-corrected chi connectivity index (χ0v) is 10.7. The van der Waals surface area contributed by atoms with Gasteiger partial charge in [0.15, 0.2) is 4.77 Å². The van der Waals surface area contributed by atoms with E-state index in [1.54, 1.807) is 6.20 Å². The van der Waals surface area contributed by atoms with Crippen LogP contribution < -0.4 is 4.74 Å². The Morgan fingerprint density at radius 3 is 2.88 bits per heavy atom. The summed E-state index contributed by atoms with van der Waals surface area (Å²) in [5.74, 6) is 0.856. The summed E-state index contributed by atoms with van der Waals surface area (Å²) in [6.07, 6.45) is 1.77. The highest BCUT2D eigenvalue weighted by atomic mass is 32.1. The molecule has 3 nitrogen and oxygen atoms in total. The van der Waals surface area contributed by atoms with Crippen molar-refractivity contribution < 1.29 is 4.74 Å². The summed E-state index contributed by atoms with van der Waals surface area (Å²) in [5.41, 5.74) is 3.03. The highest BCUT2D eigenvalue weighted by molar-refractivity contribution is 7.71. The quantitative estimate of drug-likeness (QED) is 0.842. The summed E-state index contributed by atoms with van der Waals surface area (Å²) in [4.78, 5) is 7.17. The van der Waals surface area contributed by atoms with Gasteiger partial charge in [-0.05, 0) is 43.8 Å². The average Bonchev–Trinajstić information content (AvgIpc) is 2.34. The molecule has 0 radical (unpaired) electrons. The molecule has 0 spiro atoms. The molecule has 17 heavy (non-hydrogen) atoms. The van der Waals surface area contributed by atoms with Crippen molar-refractivity contribution in [2.45, 2.75) is 13.8 Å². The van der Waals surface area contributed by atoms with Gasteiger partial charge in [0.05, 0.1) is 12.3 Å². The van der Waals surface area contributed by atoms with E-state index in [4.69, 9.17) is 17.0 Å². The molecule has 0 atom stereocenters. The van der Waals surface area contributed by atoms with Crippen molar-refractivity contribution >= 4 is 12.2 Å². The van der Waals surface area contributed by atoms with Crippen molar-refractivity contribution in [2.24, 2.45) is 0 Å². The molecule has 0 saturated carbocycles. The number of nitrogens with zero attached hydrogens (tertiary/aromatic N) is 1. The van der Waals surface area contributed by atoms with Crippen molar-refractivity contribution in [3.05, 3.63) is 40.8 Å². The number of rotatable bonds is 3. The Kier molecular flexibility index (Phi) is 3.54. The third-order valence-corrected chi connectivity index (χ3v) is 2.67. The third-order valence-electron chi connectivity index (χ3n) is 2.46. The van der Waals surface area contributed by atoms with Crippen LogP contribution in [0.1, 0.15) is 12.5 Å². The van der Waals surface area contributed by atoms with Crippen molar-refractivity contribution in [1.29, 1.82) is 0 Å². The van der Waals surface area contributed by atoms with Gasteiger partial charge in [-0.15, -0.1) is 0 Å². The van der Waals surface area contributed by atoms with Gasteiger partial charge in [0.2, 0.25) is 0 Å². The number of aromatic nitrogens is 2. The Morgan fingerprint density at radius 1 is 1.35 bits per heavy atom. The lowest BCUT2D eigenvalue weighted by Crippen LogP contribution is -1.97. The highest BCUT2D eigenvalue weighted by Crippen LogP contribution is 2.29. The van der Waals surface area contributed by atoms with Gasteiger partial charge in [0.25, 0.3) is 0 Å². The summed E-state index contributed by atoms with van der Waals surface area (Å²) in [7, 11) is 0. The van der Waals surface area contributed by atoms with Crippen molar-refractivity contribution in [3.63, 3.8) is 0 Å². The minimum absolute atomic E-state index is 0.483. The summed E-state index contributed by atoms with van der Waals surface area (Å²) >= 11 is 5.06. The molecule has 0 aliphatic heterocycles. The van der Waals surface area contributed by atoms with Crippen molar-refractivity contribution in [3.8, 4) is 17.0 Å². The molecular weight excluding hydrogens is 232 g/mol. The number of benzene rings is 1. The first-order valence-corrected chi connectivity index (χ1v) is 5.91. The maximum atomic E-state index is 5.61. The zero-order valence-electron chi connectivity index (χ0n) is 9.86. The molecular formula is C13H14N2OS. The molecule has 1 heterocycles. The van der Waals surface area contributed by atoms with E-state index in [1.165, 1.54) is 0 Å². The lowest BCUT2D eigenvalue weighted by Gasteiger charge is -2.11. The molecule has 4 heteroatoms. The molecule has 88 valence electrons. The molecule has 1 aromatic carbocycles. The normalized spacial score (nSPS) is 10.2. The van der Waals surface area contributed by atoms with E-state index in [2.05, 4.69) is 9.97 Å². The van der Waals surface area contributed by atoms with Gasteiger partial charge in [-0.1, -0.05) is 12.1 Å². The second-order valence-electron chi connectivity index (χ2n) is 3.68. The van der Waals surface area contributed by atoms with E-state index in [-0.39, 0.29) is 0 Å². The topological polar surface area (TPSA) is 37.9 Å². The van der Waals surface area contributed by atoms with E-state index in [9.17, 15) is 0 Å². The van der Waals surface area contributed by atoms with E-state index in [0.717, 1.165) is 22.6 Å². The van der Waals surface area contributed by atoms with Crippen LogP contribution in [0, 0.1) is 11.7 Å². The van der Waals surface area contributed by atoms with Gasteiger partial charge in [-0.25, -0.2) is 4.98 Å². The summed E-state index contributed by atoms with van der Waals surface area (Å²) in [5, 5.41) is 0. The fraction of sp³-hybridized carbons (Fsp3) is 0.231. The fourth-order valence-corrected chi connectivity index (χ4v) is 1.85. The van der Waals surface area contributed by atoms with Gasteiger partial charge >= 0.3 is 0 Å². The van der Waals surface area contributed by atoms with E-state index in [0.29, 0.717) is 11.4 Å². The van der Waals surface area contributed by atoms with Crippen LogP contribution in [0.3, 0.4) is 0 Å². The molecule has 2 rings (SSSR count). The SMILES string of the molecule is CCOc1ccccc1-c1[nH]c(=S)ncc1C. The number of aromatic amines is 1. The molecule has 0 bridgehead atoms. The zero-order chi connectivity index (χ0) is 12.3. The Labute approximate surface area is 105 Å². The van der Waals surface area contributed by atoms with Gasteiger partial charge in [-0.3, -0.25) is 0 Å². The van der Waals surface area contributed by atoms with E-state index < -0.39 is 0 Å². The van der Waals surface area contributed by atoms with Gasteiger partial charge in [0, 0.05) is 11.8 Å². The molecule has 0 saturated heterocycles. The average molecular weight is 246 g/mol.